The van der Waals surface area contributed by atoms with Gasteiger partial charge in [-0.25, -0.2) is 4.98 Å². The lowest BCUT2D eigenvalue weighted by atomic mass is 10.1. The maximum atomic E-state index is 10.5. The molecule has 0 radical (unpaired) electrons. The van der Waals surface area contributed by atoms with Gasteiger partial charge in [-0.15, -0.1) is 0 Å². The largest absolute Gasteiger partial charge is 0.387 e. The highest BCUT2D eigenvalue weighted by Gasteiger charge is 2.20. The number of aliphatic hydroxyl groups is 1. The van der Waals surface area contributed by atoms with Crippen LogP contribution in [0.4, 0.5) is 0 Å². The topological polar surface area (TPSA) is 61.8 Å². The van der Waals surface area contributed by atoms with Gasteiger partial charge >= 0.3 is 0 Å². The molecule has 1 aromatic carbocycles. The number of aromatic nitrogens is 2. The second-order valence-electron chi connectivity index (χ2n) is 5.49. The second-order valence-corrected chi connectivity index (χ2v) is 5.92. The fraction of sp³-hybridized carbons (Fsp3) is 0.222. The lowest BCUT2D eigenvalue weighted by Gasteiger charge is -2.17. The Labute approximate surface area is 139 Å². The monoisotopic (exact) mass is 325 g/mol. The quantitative estimate of drug-likeness (QED) is 0.794. The van der Waals surface area contributed by atoms with Crippen LogP contribution in [0.5, 0.6) is 0 Å². The molecule has 2 aliphatic rings. The molecule has 4 nitrogen and oxygen atoms in total. The normalized spacial score (nSPS) is 12.3. The number of nitrogens with zero attached hydrogens (tertiary/aromatic N) is 3. The van der Waals surface area contributed by atoms with Crippen LogP contribution in [0.2, 0.25) is 5.02 Å². The molecule has 0 saturated heterocycles. The molecule has 3 rings (SSSR count). The molecule has 1 atom stereocenters. The maximum Gasteiger partial charge on any atom is 0.140 e. The summed E-state index contributed by atoms with van der Waals surface area (Å²) in [6, 6.07) is 13.5. The molecular formula is C18H16ClN3O. The van der Waals surface area contributed by atoms with Crippen molar-refractivity contribution in [3.63, 3.8) is 0 Å². The minimum atomic E-state index is -0.653. The summed E-state index contributed by atoms with van der Waals surface area (Å²) in [5.41, 5.74) is 3.44. The molecule has 0 bridgehead atoms. The van der Waals surface area contributed by atoms with E-state index in [0.29, 0.717) is 18.0 Å². The molecule has 1 N–H and O–H groups in total. The lowest BCUT2D eigenvalue weighted by Crippen LogP contribution is -2.11. The highest BCUT2D eigenvalue weighted by atomic mass is 35.5. The fourth-order valence-electron chi connectivity index (χ4n) is 2.78. The molecule has 0 aliphatic carbocycles. The molecule has 0 fully saturated rings. The van der Waals surface area contributed by atoms with E-state index in [2.05, 4.69) is 11.1 Å². The van der Waals surface area contributed by atoms with E-state index < -0.39 is 6.10 Å². The highest BCUT2D eigenvalue weighted by molar-refractivity contribution is 6.30. The van der Waals surface area contributed by atoms with Gasteiger partial charge in [0.2, 0.25) is 0 Å². The molecular weight excluding hydrogens is 310 g/mol. The van der Waals surface area contributed by atoms with Crippen LogP contribution in [0.3, 0.4) is 0 Å². The van der Waals surface area contributed by atoms with E-state index in [0.717, 1.165) is 28.2 Å². The Morgan fingerprint density at radius 3 is 2.78 bits per heavy atom. The molecule has 116 valence electrons. The predicted octanol–water partition coefficient (Wildman–Crippen LogP) is 3.75. The fourth-order valence-corrected chi connectivity index (χ4v) is 3.01. The number of benzene rings is 1. The summed E-state index contributed by atoms with van der Waals surface area (Å²) in [5.74, 6) is 0.743. The van der Waals surface area contributed by atoms with E-state index >= 15 is 0 Å². The van der Waals surface area contributed by atoms with Crippen LogP contribution in [0.25, 0.3) is 11.4 Å². The van der Waals surface area contributed by atoms with Crippen molar-refractivity contribution in [3.05, 3.63) is 64.4 Å². The third-order valence-corrected chi connectivity index (χ3v) is 4.13. The van der Waals surface area contributed by atoms with Crippen LogP contribution < -0.4 is 0 Å². The first-order valence-corrected chi connectivity index (χ1v) is 7.72. The standard InChI is InChI=1S/C18H16ClN3O/c1-12-15(7-8-20)16-9-14(19)10-22(18(16)21-12)11-17(23)13-5-3-2-4-6-13/h2-6,9-10,17,23H,7,11H2,1H3. The van der Waals surface area contributed by atoms with Crippen LogP contribution in [-0.2, 0) is 13.0 Å². The zero-order valence-electron chi connectivity index (χ0n) is 12.7. The summed E-state index contributed by atoms with van der Waals surface area (Å²) in [4.78, 5) is 4.56. The molecule has 5 heteroatoms. The summed E-state index contributed by atoms with van der Waals surface area (Å²) >= 11 is 6.22. The van der Waals surface area contributed by atoms with Crippen LogP contribution in [0, 0.1) is 18.3 Å². The van der Waals surface area contributed by atoms with Gasteiger partial charge in [-0.05, 0) is 24.1 Å². The van der Waals surface area contributed by atoms with Crippen molar-refractivity contribution in [1.29, 1.82) is 5.26 Å². The second kappa shape index (κ2) is 6.41. The zero-order chi connectivity index (χ0) is 16.4. The van der Waals surface area contributed by atoms with E-state index in [1.54, 1.807) is 6.20 Å². The Morgan fingerprint density at radius 1 is 1.35 bits per heavy atom. The van der Waals surface area contributed by atoms with E-state index in [9.17, 15) is 5.11 Å². The smallest absolute Gasteiger partial charge is 0.140 e. The molecule has 2 heterocycles. The maximum absolute atomic E-state index is 10.5. The van der Waals surface area contributed by atoms with Gasteiger partial charge in [-0.1, -0.05) is 41.9 Å². The SMILES string of the molecule is Cc1nc2n(CC(O)c3ccccc3)cc(Cl)cc-2c1CC#N. The number of fused-ring (bicyclic) bond motifs is 1. The van der Waals surface area contributed by atoms with Crippen LogP contribution >= 0.6 is 11.6 Å². The zero-order valence-corrected chi connectivity index (χ0v) is 13.5. The van der Waals surface area contributed by atoms with Crippen LogP contribution in [0.1, 0.15) is 22.9 Å². The number of hydrogen-bond donors (Lipinski definition) is 1. The van der Waals surface area contributed by atoms with Gasteiger partial charge < -0.3 is 9.67 Å². The number of pyridine rings is 1. The summed E-state index contributed by atoms with van der Waals surface area (Å²) in [6.45, 7) is 2.24. The number of halogens is 1. The number of rotatable bonds is 4. The van der Waals surface area contributed by atoms with Gasteiger partial charge in [0.15, 0.2) is 0 Å². The third kappa shape index (κ3) is 3.07. The molecule has 2 aliphatic heterocycles. The van der Waals surface area contributed by atoms with Crippen molar-refractivity contribution in [3.8, 4) is 17.5 Å². The number of aryl methyl sites for hydroxylation is 1. The van der Waals surface area contributed by atoms with Crippen molar-refractivity contribution in [2.45, 2.75) is 26.0 Å². The van der Waals surface area contributed by atoms with Gasteiger partial charge in [0.05, 0.1) is 30.2 Å². The van der Waals surface area contributed by atoms with E-state index in [1.165, 1.54) is 0 Å². The minimum absolute atomic E-state index is 0.296. The van der Waals surface area contributed by atoms with E-state index in [1.807, 2.05) is 47.9 Å². The van der Waals surface area contributed by atoms with Gasteiger partial charge in [-0.3, -0.25) is 0 Å². The summed E-state index contributed by atoms with van der Waals surface area (Å²) in [5, 5.41) is 20.0. The Bertz CT molecular complexity index is 836. The van der Waals surface area contributed by atoms with Crippen molar-refractivity contribution >= 4 is 11.6 Å². The average Bonchev–Trinajstić information content (AvgIpc) is 2.85. The van der Waals surface area contributed by atoms with Crippen LogP contribution in [0.15, 0.2) is 42.6 Å². The van der Waals surface area contributed by atoms with Crippen molar-refractivity contribution in [2.75, 3.05) is 0 Å². The number of aliphatic hydroxyl groups excluding tert-OH is 1. The number of nitriles is 1. The van der Waals surface area contributed by atoms with Gasteiger partial charge in [-0.2, -0.15) is 5.26 Å². The summed E-state index contributed by atoms with van der Waals surface area (Å²) < 4.78 is 1.85. The Balaban J connectivity index is 2.00. The molecule has 0 aromatic heterocycles. The average molecular weight is 326 g/mol. The van der Waals surface area contributed by atoms with Gasteiger partial charge in [0.25, 0.3) is 0 Å². The first kappa shape index (κ1) is 15.5. The Hall–Kier alpha value is -2.35. The third-order valence-electron chi connectivity index (χ3n) is 3.92. The Morgan fingerprint density at radius 2 is 2.09 bits per heavy atom. The molecule has 23 heavy (non-hydrogen) atoms. The van der Waals surface area contributed by atoms with E-state index in [4.69, 9.17) is 16.9 Å². The Kier molecular flexibility index (Phi) is 4.33. The first-order valence-electron chi connectivity index (χ1n) is 7.35. The summed E-state index contributed by atoms with van der Waals surface area (Å²) in [6.07, 6.45) is 1.40. The lowest BCUT2D eigenvalue weighted by molar-refractivity contribution is 0.156. The van der Waals surface area contributed by atoms with Gasteiger partial charge in [0, 0.05) is 17.5 Å². The minimum Gasteiger partial charge on any atom is -0.387 e. The number of hydrogen-bond acceptors (Lipinski definition) is 3. The molecule has 1 unspecified atom stereocenters. The molecule has 1 aromatic rings. The molecule has 0 saturated carbocycles. The molecule has 0 amide bonds. The highest BCUT2D eigenvalue weighted by Crippen LogP contribution is 2.32. The summed E-state index contributed by atoms with van der Waals surface area (Å²) in [7, 11) is 0. The van der Waals surface area contributed by atoms with Crippen molar-refractivity contribution in [2.24, 2.45) is 0 Å². The van der Waals surface area contributed by atoms with Crippen molar-refractivity contribution < 1.29 is 5.11 Å². The van der Waals surface area contributed by atoms with Crippen LogP contribution in [-0.4, -0.2) is 14.7 Å². The van der Waals surface area contributed by atoms with Gasteiger partial charge in [0.1, 0.15) is 5.82 Å². The van der Waals surface area contributed by atoms with Crippen molar-refractivity contribution in [1.82, 2.24) is 9.55 Å². The first-order chi connectivity index (χ1) is 11.1. The van der Waals surface area contributed by atoms with E-state index in [-0.39, 0.29) is 0 Å². The predicted molar refractivity (Wildman–Crippen MR) is 89.3 cm³/mol. The molecule has 0 spiro atoms.